The minimum Gasteiger partial charge on any atom is -0.468 e. The van der Waals surface area contributed by atoms with E-state index in [9.17, 15) is 4.79 Å². The average molecular weight is 409 g/mol. The molecule has 0 unspecified atom stereocenters. The van der Waals surface area contributed by atoms with E-state index in [-0.39, 0.29) is 5.97 Å². The van der Waals surface area contributed by atoms with Crippen LogP contribution in [-0.2, 0) is 14.9 Å². The van der Waals surface area contributed by atoms with Gasteiger partial charge < -0.3 is 9.15 Å². The molecule has 0 saturated heterocycles. The molecule has 1 fully saturated rings. The van der Waals surface area contributed by atoms with Gasteiger partial charge in [-0.2, -0.15) is 0 Å². The maximum atomic E-state index is 12.1. The van der Waals surface area contributed by atoms with Crippen molar-refractivity contribution in [3.05, 3.63) is 84.1 Å². The Morgan fingerprint density at radius 1 is 1.00 bits per heavy atom. The molecule has 0 amide bonds. The Morgan fingerprint density at radius 2 is 1.61 bits per heavy atom. The summed E-state index contributed by atoms with van der Waals surface area (Å²) in [6.45, 7) is 5.91. The van der Waals surface area contributed by atoms with Crippen LogP contribution >= 0.6 is 0 Å². The molecule has 0 atom stereocenters. The highest BCUT2D eigenvalue weighted by Crippen LogP contribution is 2.49. The van der Waals surface area contributed by atoms with Crippen molar-refractivity contribution in [3.8, 4) is 22.5 Å². The van der Waals surface area contributed by atoms with Crippen LogP contribution in [0.5, 0.6) is 0 Å². The number of fused-ring (bicyclic) bond motifs is 1. The Balaban J connectivity index is 1.45. The van der Waals surface area contributed by atoms with E-state index >= 15 is 0 Å². The molecule has 0 radical (unpaired) electrons. The third-order valence-electron chi connectivity index (χ3n) is 6.18. The van der Waals surface area contributed by atoms with Gasteiger partial charge in [0.15, 0.2) is 0 Å². The quantitative estimate of drug-likeness (QED) is 0.362. The lowest BCUT2D eigenvalue weighted by Crippen LogP contribution is -2.21. The van der Waals surface area contributed by atoms with Crippen LogP contribution in [0.2, 0.25) is 0 Å². The lowest BCUT2D eigenvalue weighted by molar-refractivity contribution is -0.143. The normalized spacial score (nSPS) is 14.4. The van der Waals surface area contributed by atoms with Gasteiger partial charge in [0.1, 0.15) is 5.76 Å². The third kappa shape index (κ3) is 3.15. The number of aromatic nitrogens is 1. The smallest absolute Gasteiger partial charge is 0.316 e. The number of esters is 1. The van der Waals surface area contributed by atoms with Gasteiger partial charge in [-0.25, -0.2) is 4.98 Å². The van der Waals surface area contributed by atoms with Crippen molar-refractivity contribution >= 4 is 23.1 Å². The Bertz CT molecular complexity index is 1290. The maximum Gasteiger partial charge on any atom is 0.316 e. The summed E-state index contributed by atoms with van der Waals surface area (Å²) in [6.07, 6.45) is 3.52. The first-order valence-electron chi connectivity index (χ1n) is 10.4. The van der Waals surface area contributed by atoms with Crippen LogP contribution in [0.4, 0.5) is 0 Å². The fraction of sp³-hybridized carbons (Fsp3) is 0.185. The minimum absolute atomic E-state index is 0.141. The summed E-state index contributed by atoms with van der Waals surface area (Å²) in [5.41, 5.74) is 6.27. The van der Waals surface area contributed by atoms with Crippen molar-refractivity contribution in [3.63, 3.8) is 0 Å². The standard InChI is InChI=1S/C27H23NO3/c1-4-22-23-14-5-17(2)28-25(23)31-24(22)20-8-6-18(7-9-20)19-10-12-21(13-11-19)27(15-16-27)26(29)30-3/h4-14H,1,15-16H2,2-3H3. The van der Waals surface area contributed by atoms with Gasteiger partial charge in [-0.1, -0.05) is 61.2 Å². The molecule has 0 bridgehead atoms. The molecule has 1 saturated carbocycles. The van der Waals surface area contributed by atoms with Gasteiger partial charge in [0.05, 0.1) is 12.5 Å². The Morgan fingerprint density at radius 3 is 2.19 bits per heavy atom. The second kappa shape index (κ2) is 7.24. The predicted molar refractivity (Wildman–Crippen MR) is 123 cm³/mol. The van der Waals surface area contributed by atoms with Crippen LogP contribution in [0.1, 0.15) is 29.7 Å². The highest BCUT2D eigenvalue weighted by Gasteiger charge is 2.52. The van der Waals surface area contributed by atoms with Gasteiger partial charge >= 0.3 is 5.97 Å². The van der Waals surface area contributed by atoms with Crippen LogP contribution in [0, 0.1) is 6.92 Å². The molecule has 1 aliphatic carbocycles. The zero-order valence-corrected chi connectivity index (χ0v) is 17.6. The van der Waals surface area contributed by atoms with E-state index in [0.717, 1.165) is 57.5 Å². The van der Waals surface area contributed by atoms with E-state index in [1.54, 1.807) is 0 Å². The topological polar surface area (TPSA) is 52.3 Å². The summed E-state index contributed by atoms with van der Waals surface area (Å²) in [5, 5.41) is 0.967. The zero-order valence-electron chi connectivity index (χ0n) is 17.6. The van der Waals surface area contributed by atoms with E-state index in [2.05, 4.69) is 48.0 Å². The van der Waals surface area contributed by atoms with Crippen molar-refractivity contribution in [2.75, 3.05) is 7.11 Å². The fourth-order valence-electron chi connectivity index (χ4n) is 4.23. The Hall–Kier alpha value is -3.66. The first-order chi connectivity index (χ1) is 15.1. The number of methoxy groups -OCH3 is 1. The summed E-state index contributed by atoms with van der Waals surface area (Å²) in [4.78, 5) is 16.6. The highest BCUT2D eigenvalue weighted by atomic mass is 16.5. The van der Waals surface area contributed by atoms with Gasteiger partial charge in [0, 0.05) is 22.2 Å². The number of hydrogen-bond donors (Lipinski definition) is 0. The average Bonchev–Trinajstić information content (AvgIpc) is 3.54. The summed E-state index contributed by atoms with van der Waals surface area (Å²) in [6, 6.07) is 20.5. The third-order valence-corrected chi connectivity index (χ3v) is 6.18. The predicted octanol–water partition coefficient (Wildman–Crippen LogP) is 6.32. The van der Waals surface area contributed by atoms with Crippen LogP contribution in [-0.4, -0.2) is 18.1 Å². The number of aryl methyl sites for hydroxylation is 1. The van der Waals surface area contributed by atoms with Crippen molar-refractivity contribution in [1.29, 1.82) is 0 Å². The van der Waals surface area contributed by atoms with Gasteiger partial charge in [-0.3, -0.25) is 4.79 Å². The number of furan rings is 1. The van der Waals surface area contributed by atoms with Crippen molar-refractivity contribution in [2.24, 2.45) is 0 Å². The number of hydrogen-bond acceptors (Lipinski definition) is 4. The monoisotopic (exact) mass is 409 g/mol. The Labute approximate surface area is 181 Å². The van der Waals surface area contributed by atoms with Gasteiger partial charge in [-0.05, 0) is 48.6 Å². The first-order valence-corrected chi connectivity index (χ1v) is 10.4. The fourth-order valence-corrected chi connectivity index (χ4v) is 4.23. The summed E-state index contributed by atoms with van der Waals surface area (Å²) >= 11 is 0. The van der Waals surface area contributed by atoms with E-state index in [1.165, 1.54) is 7.11 Å². The number of carbonyl (C=O) groups excluding carboxylic acids is 1. The summed E-state index contributed by atoms with van der Waals surface area (Å²) in [5.74, 6) is 0.636. The van der Waals surface area contributed by atoms with E-state index in [4.69, 9.17) is 9.15 Å². The zero-order chi connectivity index (χ0) is 21.6. The molecule has 0 aliphatic heterocycles. The second-order valence-electron chi connectivity index (χ2n) is 8.08. The number of nitrogens with zero attached hydrogens (tertiary/aromatic N) is 1. The van der Waals surface area contributed by atoms with Crippen LogP contribution in [0.15, 0.2) is 71.7 Å². The molecule has 0 spiro atoms. The lowest BCUT2D eigenvalue weighted by Gasteiger charge is -2.13. The molecule has 2 heterocycles. The molecule has 31 heavy (non-hydrogen) atoms. The Kier molecular flexibility index (Phi) is 4.51. The van der Waals surface area contributed by atoms with Crippen molar-refractivity contribution < 1.29 is 13.9 Å². The molecular formula is C27H23NO3. The molecule has 1 aliphatic rings. The molecule has 154 valence electrons. The molecule has 2 aromatic heterocycles. The van der Waals surface area contributed by atoms with Gasteiger partial charge in [0.2, 0.25) is 5.71 Å². The number of pyridine rings is 1. The van der Waals surface area contributed by atoms with Crippen LogP contribution < -0.4 is 0 Å². The van der Waals surface area contributed by atoms with Crippen LogP contribution in [0.3, 0.4) is 0 Å². The largest absolute Gasteiger partial charge is 0.468 e. The van der Waals surface area contributed by atoms with Gasteiger partial charge in [-0.15, -0.1) is 0 Å². The number of rotatable bonds is 5. The van der Waals surface area contributed by atoms with Crippen LogP contribution in [0.25, 0.3) is 39.6 Å². The van der Waals surface area contributed by atoms with E-state index < -0.39 is 5.41 Å². The minimum atomic E-state index is -0.439. The number of benzene rings is 2. The number of ether oxygens (including phenoxy) is 1. The molecule has 2 aromatic carbocycles. The van der Waals surface area contributed by atoms with Gasteiger partial charge in [0.25, 0.3) is 0 Å². The maximum absolute atomic E-state index is 12.1. The second-order valence-corrected chi connectivity index (χ2v) is 8.08. The molecule has 4 nitrogen and oxygen atoms in total. The van der Waals surface area contributed by atoms with E-state index in [0.29, 0.717) is 5.71 Å². The molecular weight excluding hydrogens is 386 g/mol. The molecule has 4 aromatic rings. The summed E-state index contributed by atoms with van der Waals surface area (Å²) < 4.78 is 11.1. The molecule has 5 rings (SSSR count). The first kappa shape index (κ1) is 19.3. The van der Waals surface area contributed by atoms with Crippen molar-refractivity contribution in [2.45, 2.75) is 25.2 Å². The molecule has 0 N–H and O–H groups in total. The lowest BCUT2D eigenvalue weighted by atomic mass is 9.93. The SMILES string of the molecule is C=Cc1c(-c2ccc(-c3ccc(C4(C(=O)OC)CC4)cc3)cc2)oc2nc(C)ccc12. The number of carbonyl (C=O) groups is 1. The molecule has 4 heteroatoms. The van der Waals surface area contributed by atoms with E-state index in [1.807, 2.05) is 37.3 Å². The summed E-state index contributed by atoms with van der Waals surface area (Å²) in [7, 11) is 1.45. The highest BCUT2D eigenvalue weighted by molar-refractivity contribution is 5.92. The van der Waals surface area contributed by atoms with Crippen molar-refractivity contribution in [1.82, 2.24) is 4.98 Å².